The Morgan fingerprint density at radius 3 is 2.70 bits per heavy atom. The highest BCUT2D eigenvalue weighted by Gasteiger charge is 2.34. The van der Waals surface area contributed by atoms with Crippen molar-refractivity contribution in [2.24, 2.45) is 11.8 Å². The van der Waals surface area contributed by atoms with Gasteiger partial charge in [0.1, 0.15) is 16.9 Å². The lowest BCUT2D eigenvalue weighted by molar-refractivity contribution is 0.0950. The van der Waals surface area contributed by atoms with Gasteiger partial charge in [-0.3, -0.25) is 4.79 Å². The molecule has 1 N–H and O–H groups in total. The predicted molar refractivity (Wildman–Crippen MR) is 126 cm³/mol. The standard InChI is InChI=1S/C23H27N3O5S2/c1-15-9-16(2)13-26(12-15)33(28,29)21-10-17(6-7-19(21)30-3)22(27)24-11-18-14-31-23(25-18)20-5-4-8-32-20/h4-8,10,14-16H,9,11-13H2,1-3H3,(H,24,27)/t15-,16+. The third kappa shape index (κ3) is 5.13. The molecule has 1 aromatic carbocycles. The minimum atomic E-state index is -3.81. The molecule has 10 heteroatoms. The van der Waals surface area contributed by atoms with Crippen molar-refractivity contribution in [2.75, 3.05) is 20.2 Å². The first-order valence-corrected chi connectivity index (χ1v) is 13.0. The van der Waals surface area contributed by atoms with Crippen LogP contribution in [-0.4, -0.2) is 43.8 Å². The third-order valence-corrected chi connectivity index (χ3v) is 8.30. The highest BCUT2D eigenvalue weighted by molar-refractivity contribution is 7.89. The molecule has 0 saturated carbocycles. The minimum absolute atomic E-state index is 0.000341. The van der Waals surface area contributed by atoms with Crippen LogP contribution in [0.1, 0.15) is 36.3 Å². The molecule has 1 aliphatic rings. The Morgan fingerprint density at radius 1 is 1.27 bits per heavy atom. The molecule has 1 fully saturated rings. The summed E-state index contributed by atoms with van der Waals surface area (Å²) in [4.78, 5) is 18.1. The highest BCUT2D eigenvalue weighted by Crippen LogP contribution is 2.32. The Bertz CT molecular complexity index is 1210. The molecule has 1 saturated heterocycles. The molecule has 0 spiro atoms. The van der Waals surface area contributed by atoms with Gasteiger partial charge in [0.15, 0.2) is 0 Å². The van der Waals surface area contributed by atoms with Crippen LogP contribution >= 0.6 is 11.3 Å². The van der Waals surface area contributed by atoms with Crippen LogP contribution in [0, 0.1) is 11.8 Å². The van der Waals surface area contributed by atoms with Crippen molar-refractivity contribution in [1.82, 2.24) is 14.6 Å². The number of thiophene rings is 1. The third-order valence-electron chi connectivity index (χ3n) is 5.59. The Hall–Kier alpha value is -2.69. The van der Waals surface area contributed by atoms with Gasteiger partial charge in [-0.15, -0.1) is 11.3 Å². The number of piperidine rings is 1. The van der Waals surface area contributed by atoms with Gasteiger partial charge in [-0.2, -0.15) is 4.31 Å². The molecule has 1 amide bonds. The average molecular weight is 490 g/mol. The lowest BCUT2D eigenvalue weighted by atomic mass is 9.94. The number of sulfonamides is 1. The van der Waals surface area contributed by atoms with E-state index in [4.69, 9.17) is 9.15 Å². The molecule has 0 aliphatic carbocycles. The summed E-state index contributed by atoms with van der Waals surface area (Å²) in [5.41, 5.74) is 0.804. The van der Waals surface area contributed by atoms with Crippen LogP contribution in [-0.2, 0) is 16.6 Å². The smallest absolute Gasteiger partial charge is 0.251 e. The molecule has 3 heterocycles. The Balaban J connectivity index is 1.52. The first kappa shape index (κ1) is 23.5. The van der Waals surface area contributed by atoms with Gasteiger partial charge in [0.05, 0.1) is 24.2 Å². The molecule has 2 aromatic heterocycles. The maximum Gasteiger partial charge on any atom is 0.251 e. The van der Waals surface area contributed by atoms with Crippen molar-refractivity contribution < 1.29 is 22.4 Å². The summed E-state index contributed by atoms with van der Waals surface area (Å²) in [7, 11) is -2.39. The van der Waals surface area contributed by atoms with E-state index >= 15 is 0 Å². The molecule has 4 rings (SSSR count). The number of oxazole rings is 1. The summed E-state index contributed by atoms with van der Waals surface area (Å²) in [5.74, 6) is 0.840. The molecule has 2 atom stereocenters. The maximum absolute atomic E-state index is 13.4. The van der Waals surface area contributed by atoms with E-state index in [9.17, 15) is 13.2 Å². The molecule has 8 nitrogen and oxygen atoms in total. The zero-order valence-corrected chi connectivity index (χ0v) is 20.4. The van der Waals surface area contributed by atoms with Crippen LogP contribution in [0.15, 0.2) is 51.3 Å². The molecule has 0 bridgehead atoms. The SMILES string of the molecule is COc1ccc(C(=O)NCc2coc(-c3cccs3)n2)cc1S(=O)(=O)N1C[C@H](C)C[C@H](C)C1. The monoisotopic (exact) mass is 489 g/mol. The summed E-state index contributed by atoms with van der Waals surface area (Å²) < 4.78 is 39.1. The first-order valence-electron chi connectivity index (χ1n) is 10.7. The van der Waals surface area contributed by atoms with Gasteiger partial charge in [0.2, 0.25) is 15.9 Å². The lowest BCUT2D eigenvalue weighted by Crippen LogP contribution is -2.42. The van der Waals surface area contributed by atoms with Gasteiger partial charge in [-0.25, -0.2) is 13.4 Å². The van der Waals surface area contributed by atoms with E-state index in [0.29, 0.717) is 24.7 Å². The van der Waals surface area contributed by atoms with Crippen LogP contribution in [0.5, 0.6) is 5.75 Å². The van der Waals surface area contributed by atoms with Gasteiger partial charge in [-0.1, -0.05) is 19.9 Å². The van der Waals surface area contributed by atoms with Crippen molar-refractivity contribution >= 4 is 27.3 Å². The van der Waals surface area contributed by atoms with Gasteiger partial charge in [-0.05, 0) is 47.9 Å². The van der Waals surface area contributed by atoms with E-state index in [1.165, 1.54) is 41.1 Å². The fraction of sp³-hybridized carbons (Fsp3) is 0.391. The molecule has 1 aliphatic heterocycles. The van der Waals surface area contributed by atoms with Gasteiger partial charge < -0.3 is 14.5 Å². The number of hydrogen-bond donors (Lipinski definition) is 1. The number of benzene rings is 1. The fourth-order valence-corrected chi connectivity index (χ4v) is 6.65. The van der Waals surface area contributed by atoms with Crippen molar-refractivity contribution in [1.29, 1.82) is 0 Å². The first-order chi connectivity index (χ1) is 15.8. The Kier molecular flexibility index (Phi) is 6.87. The van der Waals surface area contributed by atoms with E-state index in [2.05, 4.69) is 10.3 Å². The molecule has 0 unspecified atom stereocenters. The van der Waals surface area contributed by atoms with E-state index < -0.39 is 15.9 Å². The topological polar surface area (TPSA) is 102 Å². The molecular weight excluding hydrogens is 462 g/mol. The second-order valence-electron chi connectivity index (χ2n) is 8.44. The van der Waals surface area contributed by atoms with Crippen LogP contribution in [0.4, 0.5) is 0 Å². The molecule has 176 valence electrons. The Morgan fingerprint density at radius 2 is 2.03 bits per heavy atom. The largest absolute Gasteiger partial charge is 0.495 e. The van der Waals surface area contributed by atoms with E-state index in [-0.39, 0.29) is 34.6 Å². The number of carbonyl (C=O) groups is 1. The fourth-order valence-electron chi connectivity index (χ4n) is 4.14. The van der Waals surface area contributed by atoms with Crippen LogP contribution in [0.25, 0.3) is 10.8 Å². The van der Waals surface area contributed by atoms with Crippen molar-refractivity contribution in [3.05, 3.63) is 53.2 Å². The normalized spacial score (nSPS) is 19.4. The maximum atomic E-state index is 13.4. The van der Waals surface area contributed by atoms with Crippen molar-refractivity contribution in [3.8, 4) is 16.5 Å². The van der Waals surface area contributed by atoms with Crippen molar-refractivity contribution in [3.63, 3.8) is 0 Å². The van der Waals surface area contributed by atoms with Crippen LogP contribution in [0.3, 0.4) is 0 Å². The van der Waals surface area contributed by atoms with Gasteiger partial charge in [0, 0.05) is 18.7 Å². The number of carbonyl (C=O) groups excluding carboxylic acids is 1. The zero-order valence-electron chi connectivity index (χ0n) is 18.8. The summed E-state index contributed by atoms with van der Waals surface area (Å²) in [5, 5.41) is 4.71. The Labute approximate surface area is 197 Å². The van der Waals surface area contributed by atoms with E-state index in [1.54, 1.807) is 6.07 Å². The highest BCUT2D eigenvalue weighted by atomic mass is 32.2. The summed E-state index contributed by atoms with van der Waals surface area (Å²) in [6.45, 7) is 5.15. The van der Waals surface area contributed by atoms with E-state index in [0.717, 1.165) is 11.3 Å². The summed E-state index contributed by atoms with van der Waals surface area (Å²) in [6, 6.07) is 8.26. The summed E-state index contributed by atoms with van der Waals surface area (Å²) in [6.07, 6.45) is 2.49. The van der Waals surface area contributed by atoms with Gasteiger partial charge in [0.25, 0.3) is 5.91 Å². The number of nitrogens with one attached hydrogen (secondary N) is 1. The van der Waals surface area contributed by atoms with Crippen molar-refractivity contribution in [2.45, 2.75) is 31.7 Å². The molecule has 33 heavy (non-hydrogen) atoms. The van der Waals surface area contributed by atoms with Crippen LogP contribution in [0.2, 0.25) is 0 Å². The number of hydrogen-bond acceptors (Lipinski definition) is 7. The zero-order chi connectivity index (χ0) is 23.6. The number of rotatable bonds is 7. The minimum Gasteiger partial charge on any atom is -0.495 e. The number of nitrogens with zero attached hydrogens (tertiary/aromatic N) is 2. The average Bonchev–Trinajstić information content (AvgIpc) is 3.48. The number of ether oxygens (including phenoxy) is 1. The molecule has 0 radical (unpaired) electrons. The predicted octanol–water partition coefficient (Wildman–Crippen LogP) is 4.01. The second kappa shape index (κ2) is 9.66. The van der Waals surface area contributed by atoms with Gasteiger partial charge >= 0.3 is 0 Å². The van der Waals surface area contributed by atoms with E-state index in [1.807, 2.05) is 31.4 Å². The molecular formula is C23H27N3O5S2. The lowest BCUT2D eigenvalue weighted by Gasteiger charge is -2.34. The number of amides is 1. The quantitative estimate of drug-likeness (QED) is 0.538. The van der Waals surface area contributed by atoms with Crippen LogP contribution < -0.4 is 10.1 Å². The number of aromatic nitrogens is 1. The summed E-state index contributed by atoms with van der Waals surface area (Å²) >= 11 is 1.51. The second-order valence-corrected chi connectivity index (χ2v) is 11.3. The molecule has 3 aromatic rings. The number of methoxy groups -OCH3 is 1.